The fraction of sp³-hybridized carbons (Fsp3) is 0.625. The molecule has 0 unspecified atom stereocenters. The van der Waals surface area contributed by atoms with E-state index >= 15 is 0 Å². The Labute approximate surface area is 76.5 Å². The molecule has 0 aromatic carbocycles. The third-order valence-electron chi connectivity index (χ3n) is 1.79. The van der Waals surface area contributed by atoms with Crippen molar-refractivity contribution >= 4 is 5.82 Å². The van der Waals surface area contributed by atoms with Crippen molar-refractivity contribution in [3.05, 3.63) is 21.9 Å². The van der Waals surface area contributed by atoms with Gasteiger partial charge in [0.1, 0.15) is 0 Å². The van der Waals surface area contributed by atoms with Crippen LogP contribution in [0.4, 0.5) is 5.82 Å². The topological polar surface area (TPSA) is 61.0 Å². The monoisotopic (exact) mass is 183 g/mol. The largest absolute Gasteiger partial charge is 0.393 e. The highest BCUT2D eigenvalue weighted by atomic mass is 16.6. The number of aryl methyl sites for hydroxylation is 1. The van der Waals surface area contributed by atoms with Gasteiger partial charge in [0.2, 0.25) is 0 Å². The van der Waals surface area contributed by atoms with Gasteiger partial charge in [-0.25, -0.2) is 0 Å². The third-order valence-corrected chi connectivity index (χ3v) is 1.79. The van der Waals surface area contributed by atoms with Crippen LogP contribution in [0.15, 0.2) is 6.20 Å². The molecule has 0 saturated heterocycles. The van der Waals surface area contributed by atoms with Crippen LogP contribution in [0, 0.1) is 10.1 Å². The molecule has 0 spiro atoms. The van der Waals surface area contributed by atoms with Crippen molar-refractivity contribution in [2.45, 2.75) is 26.2 Å². The van der Waals surface area contributed by atoms with E-state index in [1.165, 1.54) is 4.68 Å². The van der Waals surface area contributed by atoms with Gasteiger partial charge in [-0.1, -0.05) is 20.8 Å². The van der Waals surface area contributed by atoms with Crippen LogP contribution in [0.5, 0.6) is 0 Å². The molecule has 5 heteroatoms. The smallest absolute Gasteiger partial charge is 0.358 e. The molecule has 0 N–H and O–H groups in total. The molecule has 72 valence electrons. The fourth-order valence-corrected chi connectivity index (χ4v) is 1.14. The Hall–Kier alpha value is -1.39. The number of aromatic nitrogens is 2. The van der Waals surface area contributed by atoms with E-state index in [4.69, 9.17) is 0 Å². The molecule has 1 heterocycles. The standard InChI is InChI=1S/C8H13N3O2/c1-8(2,3)6-5-10(4)9-7(6)11(12)13/h5H,1-4H3. The summed E-state index contributed by atoms with van der Waals surface area (Å²) in [7, 11) is 1.68. The zero-order chi connectivity index (χ0) is 10.2. The SMILES string of the molecule is Cn1cc(C(C)(C)C)c([N+](=O)[O-])n1. The first-order valence-corrected chi connectivity index (χ1v) is 4.01. The summed E-state index contributed by atoms with van der Waals surface area (Å²) >= 11 is 0. The maximum Gasteiger partial charge on any atom is 0.393 e. The van der Waals surface area contributed by atoms with Crippen LogP contribution >= 0.6 is 0 Å². The minimum Gasteiger partial charge on any atom is -0.358 e. The van der Waals surface area contributed by atoms with Crippen LogP contribution in [0.2, 0.25) is 0 Å². The van der Waals surface area contributed by atoms with E-state index in [-0.39, 0.29) is 11.2 Å². The van der Waals surface area contributed by atoms with Crippen LogP contribution in [0.3, 0.4) is 0 Å². The molecule has 0 radical (unpaired) electrons. The third kappa shape index (κ3) is 1.85. The average Bonchev–Trinajstić information content (AvgIpc) is 2.29. The maximum absolute atomic E-state index is 10.6. The minimum atomic E-state index is -0.444. The molecule has 1 rings (SSSR count). The lowest BCUT2D eigenvalue weighted by atomic mass is 9.89. The van der Waals surface area contributed by atoms with Gasteiger partial charge >= 0.3 is 5.82 Å². The Morgan fingerprint density at radius 1 is 1.54 bits per heavy atom. The Bertz CT molecular complexity index is 336. The van der Waals surface area contributed by atoms with Gasteiger partial charge in [-0.05, 0) is 10.3 Å². The minimum absolute atomic E-state index is 0.0463. The highest BCUT2D eigenvalue weighted by Crippen LogP contribution is 2.29. The van der Waals surface area contributed by atoms with Crippen molar-refractivity contribution in [2.75, 3.05) is 0 Å². The number of nitrogens with zero attached hydrogens (tertiary/aromatic N) is 3. The second-order valence-corrected chi connectivity index (χ2v) is 4.05. The molecule has 0 aliphatic carbocycles. The normalized spacial score (nSPS) is 11.7. The van der Waals surface area contributed by atoms with Crippen LogP contribution in [0.1, 0.15) is 26.3 Å². The van der Waals surface area contributed by atoms with Crippen molar-refractivity contribution < 1.29 is 4.92 Å². The summed E-state index contributed by atoms with van der Waals surface area (Å²) in [6.45, 7) is 5.78. The first-order chi connectivity index (χ1) is 5.82. The summed E-state index contributed by atoms with van der Waals surface area (Å²) in [5.74, 6) is -0.0463. The maximum atomic E-state index is 10.6. The van der Waals surface area contributed by atoms with E-state index < -0.39 is 4.92 Å². The van der Waals surface area contributed by atoms with Crippen LogP contribution in [-0.4, -0.2) is 14.7 Å². The van der Waals surface area contributed by atoms with Crippen LogP contribution in [-0.2, 0) is 12.5 Å². The second-order valence-electron chi connectivity index (χ2n) is 4.05. The zero-order valence-electron chi connectivity index (χ0n) is 8.24. The number of hydrogen-bond acceptors (Lipinski definition) is 3. The molecule has 0 aliphatic rings. The second kappa shape index (κ2) is 2.83. The van der Waals surface area contributed by atoms with Crippen molar-refractivity contribution in [1.82, 2.24) is 9.78 Å². The summed E-state index contributed by atoms with van der Waals surface area (Å²) in [5, 5.41) is 14.4. The zero-order valence-corrected chi connectivity index (χ0v) is 8.24. The van der Waals surface area contributed by atoms with E-state index in [1.807, 2.05) is 20.8 Å². The molecule has 1 aromatic heterocycles. The Morgan fingerprint density at radius 3 is 2.38 bits per heavy atom. The first kappa shape index (κ1) is 9.70. The molecule has 0 bridgehead atoms. The van der Waals surface area contributed by atoms with Gasteiger partial charge in [0, 0.05) is 0 Å². The molecule has 13 heavy (non-hydrogen) atoms. The van der Waals surface area contributed by atoms with Crippen LogP contribution in [0.25, 0.3) is 0 Å². The van der Waals surface area contributed by atoms with E-state index in [0.717, 1.165) is 0 Å². The van der Waals surface area contributed by atoms with Gasteiger partial charge in [-0.15, -0.1) is 0 Å². The quantitative estimate of drug-likeness (QED) is 0.491. The van der Waals surface area contributed by atoms with Gasteiger partial charge in [0.25, 0.3) is 0 Å². The Balaban J connectivity index is 3.28. The number of nitro groups is 1. The summed E-state index contributed by atoms with van der Waals surface area (Å²) in [6.07, 6.45) is 1.69. The van der Waals surface area contributed by atoms with Crippen molar-refractivity contribution in [3.63, 3.8) is 0 Å². The average molecular weight is 183 g/mol. The van der Waals surface area contributed by atoms with Crippen molar-refractivity contribution in [1.29, 1.82) is 0 Å². The van der Waals surface area contributed by atoms with Gasteiger partial charge in [-0.2, -0.15) is 4.68 Å². The lowest BCUT2D eigenvalue weighted by Gasteiger charge is -2.14. The van der Waals surface area contributed by atoms with E-state index in [1.54, 1.807) is 13.2 Å². The highest BCUT2D eigenvalue weighted by Gasteiger charge is 2.28. The predicted octanol–water partition coefficient (Wildman–Crippen LogP) is 1.63. The van der Waals surface area contributed by atoms with E-state index in [0.29, 0.717) is 5.56 Å². The van der Waals surface area contributed by atoms with Gasteiger partial charge in [0.05, 0.1) is 23.9 Å². The molecule has 0 aliphatic heterocycles. The molecule has 0 atom stereocenters. The first-order valence-electron chi connectivity index (χ1n) is 4.01. The molecule has 0 fully saturated rings. The van der Waals surface area contributed by atoms with Crippen molar-refractivity contribution in [2.24, 2.45) is 7.05 Å². The molecule has 0 amide bonds. The van der Waals surface area contributed by atoms with E-state index in [2.05, 4.69) is 5.10 Å². The highest BCUT2D eigenvalue weighted by molar-refractivity contribution is 5.35. The Kier molecular flexibility index (Phi) is 2.11. The molecule has 1 aromatic rings. The van der Waals surface area contributed by atoms with Gasteiger partial charge < -0.3 is 10.1 Å². The number of rotatable bonds is 1. The molecule has 5 nitrogen and oxygen atoms in total. The lowest BCUT2D eigenvalue weighted by Crippen LogP contribution is -2.12. The fourth-order valence-electron chi connectivity index (χ4n) is 1.14. The summed E-state index contributed by atoms with van der Waals surface area (Å²) in [4.78, 5) is 10.2. The number of hydrogen-bond donors (Lipinski definition) is 0. The summed E-state index contributed by atoms with van der Waals surface area (Å²) in [6, 6.07) is 0. The molecular weight excluding hydrogens is 170 g/mol. The molecule has 0 saturated carbocycles. The molecular formula is C8H13N3O2. The van der Waals surface area contributed by atoms with Gasteiger partial charge in [-0.3, -0.25) is 0 Å². The Morgan fingerprint density at radius 2 is 2.08 bits per heavy atom. The summed E-state index contributed by atoms with van der Waals surface area (Å²) in [5.41, 5.74) is 0.427. The van der Waals surface area contributed by atoms with Crippen molar-refractivity contribution in [3.8, 4) is 0 Å². The lowest BCUT2D eigenvalue weighted by molar-refractivity contribution is -0.390. The predicted molar refractivity (Wildman–Crippen MR) is 48.6 cm³/mol. The van der Waals surface area contributed by atoms with E-state index in [9.17, 15) is 10.1 Å². The summed E-state index contributed by atoms with van der Waals surface area (Å²) < 4.78 is 1.47. The van der Waals surface area contributed by atoms with Crippen LogP contribution < -0.4 is 0 Å². The van der Waals surface area contributed by atoms with Gasteiger partial charge in [0.15, 0.2) is 0 Å².